The maximum atomic E-state index is 7.99. The highest BCUT2D eigenvalue weighted by Gasteiger charge is 2.20. The van der Waals surface area contributed by atoms with E-state index in [1.165, 1.54) is 51.4 Å². The van der Waals surface area contributed by atoms with Gasteiger partial charge in [-0.15, -0.1) is 0 Å². The smallest absolute Gasteiger partial charge is 0.0626 e. The molecule has 0 unspecified atom stereocenters. The third kappa shape index (κ3) is 5.38. The molecule has 0 atom stereocenters. The van der Waals surface area contributed by atoms with E-state index in [0.717, 1.165) is 30.2 Å². The van der Waals surface area contributed by atoms with Gasteiger partial charge in [-0.25, -0.2) is 0 Å². The van der Waals surface area contributed by atoms with Crippen LogP contribution in [-0.4, -0.2) is 0 Å². The number of hydrogen-bond acceptors (Lipinski definition) is 0. The van der Waals surface area contributed by atoms with Gasteiger partial charge in [0.1, 0.15) is 0 Å². The lowest BCUT2D eigenvalue weighted by Crippen LogP contribution is -2.15. The summed E-state index contributed by atoms with van der Waals surface area (Å²) in [5.74, 6) is 1.66. The predicted octanol–water partition coefficient (Wildman–Crippen LogP) is 6.01. The van der Waals surface area contributed by atoms with E-state index in [1.807, 2.05) is 0 Å². The molecule has 19 heavy (non-hydrogen) atoms. The third-order valence-corrected chi connectivity index (χ3v) is 4.61. The molecule has 1 aliphatic carbocycles. The number of aryl methyl sites for hydroxylation is 1. The minimum absolute atomic E-state index is 0.0839. The maximum absolute atomic E-state index is 7.99. The van der Waals surface area contributed by atoms with Crippen LogP contribution in [-0.2, 0) is 6.42 Å². The fourth-order valence-electron chi connectivity index (χ4n) is 3.29. The molecule has 0 saturated heterocycles. The van der Waals surface area contributed by atoms with Crippen molar-refractivity contribution in [1.29, 1.82) is 0 Å². The SMILES string of the molecule is [2H]c1cc(CCC2CCC(CCCCC)CC2)c([2H])c([2H])c1[2H]. The van der Waals surface area contributed by atoms with E-state index in [-0.39, 0.29) is 24.2 Å². The van der Waals surface area contributed by atoms with Crippen molar-refractivity contribution in [3.8, 4) is 0 Å². The fourth-order valence-corrected chi connectivity index (χ4v) is 3.29. The molecule has 0 aliphatic heterocycles. The molecule has 1 saturated carbocycles. The summed E-state index contributed by atoms with van der Waals surface area (Å²) in [7, 11) is 0. The van der Waals surface area contributed by atoms with Gasteiger partial charge in [0.2, 0.25) is 0 Å². The van der Waals surface area contributed by atoms with Gasteiger partial charge >= 0.3 is 0 Å². The molecule has 1 aliphatic rings. The minimum Gasteiger partial charge on any atom is -0.0654 e. The molecule has 0 heterocycles. The molecule has 1 aromatic carbocycles. The third-order valence-electron chi connectivity index (χ3n) is 4.61. The molecule has 0 N–H and O–H groups in total. The number of benzene rings is 1. The lowest BCUT2D eigenvalue weighted by molar-refractivity contribution is 0.249. The first-order valence-electron chi connectivity index (χ1n) is 10.1. The van der Waals surface area contributed by atoms with Crippen molar-refractivity contribution < 1.29 is 5.48 Å². The van der Waals surface area contributed by atoms with Gasteiger partial charge in [0, 0.05) is 0 Å². The molecule has 0 heteroatoms. The van der Waals surface area contributed by atoms with E-state index in [1.54, 1.807) is 6.07 Å². The second-order valence-electron chi connectivity index (χ2n) is 6.11. The highest BCUT2D eigenvalue weighted by atomic mass is 14.3. The van der Waals surface area contributed by atoms with E-state index < -0.39 is 0 Å². The van der Waals surface area contributed by atoms with Gasteiger partial charge in [-0.3, -0.25) is 0 Å². The van der Waals surface area contributed by atoms with E-state index in [2.05, 4.69) is 6.92 Å². The topological polar surface area (TPSA) is 0 Å². The first kappa shape index (κ1) is 10.0. The molecular weight excluding hydrogens is 228 g/mol. The van der Waals surface area contributed by atoms with Gasteiger partial charge in [-0.05, 0) is 30.2 Å². The Balaban J connectivity index is 1.80. The molecular formula is C19H30. The average molecular weight is 262 g/mol. The lowest BCUT2D eigenvalue weighted by atomic mass is 9.78. The van der Waals surface area contributed by atoms with Crippen LogP contribution in [0, 0.1) is 11.8 Å². The summed E-state index contributed by atoms with van der Waals surface area (Å²) >= 11 is 0. The van der Waals surface area contributed by atoms with E-state index >= 15 is 0 Å². The number of unbranched alkanes of at least 4 members (excludes halogenated alkanes) is 2. The highest BCUT2D eigenvalue weighted by molar-refractivity contribution is 5.14. The van der Waals surface area contributed by atoms with Crippen LogP contribution in [0.5, 0.6) is 0 Å². The Morgan fingerprint density at radius 1 is 1.00 bits per heavy atom. The van der Waals surface area contributed by atoms with Crippen LogP contribution >= 0.6 is 0 Å². The molecule has 2 rings (SSSR count). The average Bonchev–Trinajstić information content (AvgIpc) is 2.56. The zero-order valence-electron chi connectivity index (χ0n) is 16.3. The normalized spacial score (nSPS) is 26.4. The van der Waals surface area contributed by atoms with Gasteiger partial charge in [-0.1, -0.05) is 88.5 Å². The Labute approximate surface area is 125 Å². The number of rotatable bonds is 7. The van der Waals surface area contributed by atoms with Crippen molar-refractivity contribution in [2.45, 2.75) is 71.1 Å². The van der Waals surface area contributed by atoms with E-state index in [0.29, 0.717) is 0 Å². The van der Waals surface area contributed by atoms with Crippen LogP contribution < -0.4 is 0 Å². The summed E-state index contributed by atoms with van der Waals surface area (Å²) < 4.78 is 31.1. The van der Waals surface area contributed by atoms with Crippen LogP contribution in [0.4, 0.5) is 0 Å². The molecule has 0 aromatic heterocycles. The molecule has 106 valence electrons. The van der Waals surface area contributed by atoms with Gasteiger partial charge in [0.15, 0.2) is 0 Å². The second kappa shape index (κ2) is 8.40. The van der Waals surface area contributed by atoms with Crippen LogP contribution in [0.2, 0.25) is 0 Å². The standard InChI is InChI=1S/C19H30/c1-2-3-5-8-18-12-15-19(16-13-18)14-11-17-9-6-4-7-10-17/h4,6-7,9-10,18-19H,2-3,5,8,11-16H2,1H3/i4D,6D,7D,9D. The molecule has 1 aromatic rings. The Hall–Kier alpha value is -0.780. The van der Waals surface area contributed by atoms with Gasteiger partial charge in [0.25, 0.3) is 0 Å². The van der Waals surface area contributed by atoms with Crippen molar-refractivity contribution in [1.82, 2.24) is 0 Å². The summed E-state index contributed by atoms with van der Waals surface area (Å²) in [5.41, 5.74) is 0.779. The van der Waals surface area contributed by atoms with Gasteiger partial charge in [-0.2, -0.15) is 0 Å². The van der Waals surface area contributed by atoms with Crippen LogP contribution in [0.1, 0.15) is 75.8 Å². The van der Waals surface area contributed by atoms with E-state index in [4.69, 9.17) is 5.48 Å². The Morgan fingerprint density at radius 3 is 2.47 bits per heavy atom. The van der Waals surface area contributed by atoms with Crippen molar-refractivity contribution in [2.24, 2.45) is 11.8 Å². The quantitative estimate of drug-likeness (QED) is 0.528. The van der Waals surface area contributed by atoms with Crippen molar-refractivity contribution in [3.05, 3.63) is 35.8 Å². The molecule has 0 radical (unpaired) electrons. The first-order chi connectivity index (χ1) is 11.0. The van der Waals surface area contributed by atoms with Gasteiger partial charge in [0.05, 0.1) is 5.48 Å². The van der Waals surface area contributed by atoms with Crippen molar-refractivity contribution in [3.63, 3.8) is 0 Å². The van der Waals surface area contributed by atoms with Crippen LogP contribution in [0.15, 0.2) is 30.2 Å². The summed E-state index contributed by atoms with van der Waals surface area (Å²) in [4.78, 5) is 0. The summed E-state index contributed by atoms with van der Waals surface area (Å²) in [6.07, 6.45) is 12.6. The monoisotopic (exact) mass is 262 g/mol. The highest BCUT2D eigenvalue weighted by Crippen LogP contribution is 2.34. The fraction of sp³-hybridized carbons (Fsp3) is 0.684. The zero-order valence-corrected chi connectivity index (χ0v) is 12.3. The summed E-state index contributed by atoms with van der Waals surface area (Å²) in [5, 5.41) is 0. The minimum atomic E-state index is -0.119. The molecule has 0 amide bonds. The van der Waals surface area contributed by atoms with Crippen LogP contribution in [0.3, 0.4) is 0 Å². The number of hydrogen-bond donors (Lipinski definition) is 0. The Morgan fingerprint density at radius 2 is 1.74 bits per heavy atom. The predicted molar refractivity (Wildman–Crippen MR) is 84.4 cm³/mol. The second-order valence-corrected chi connectivity index (χ2v) is 6.11. The van der Waals surface area contributed by atoms with Crippen LogP contribution in [0.25, 0.3) is 0 Å². The summed E-state index contributed by atoms with van der Waals surface area (Å²) in [6.45, 7) is 2.26. The molecule has 0 bridgehead atoms. The summed E-state index contributed by atoms with van der Waals surface area (Å²) in [6, 6.07) is 1.65. The van der Waals surface area contributed by atoms with E-state index in [9.17, 15) is 0 Å². The first-order valence-corrected chi connectivity index (χ1v) is 8.09. The maximum Gasteiger partial charge on any atom is 0.0626 e. The van der Waals surface area contributed by atoms with Gasteiger partial charge < -0.3 is 0 Å². The van der Waals surface area contributed by atoms with Crippen molar-refractivity contribution in [2.75, 3.05) is 0 Å². The zero-order chi connectivity index (χ0) is 16.8. The lowest BCUT2D eigenvalue weighted by Gasteiger charge is -2.28. The molecule has 1 fully saturated rings. The Kier molecular flexibility index (Phi) is 4.43. The molecule has 0 spiro atoms. The molecule has 0 nitrogen and oxygen atoms in total. The van der Waals surface area contributed by atoms with Crippen molar-refractivity contribution >= 4 is 0 Å². The largest absolute Gasteiger partial charge is 0.0654 e. The Bertz CT molecular complexity index is 505.